The Kier molecular flexibility index (Phi) is 6.03. The molecule has 0 aliphatic heterocycles. The van der Waals surface area contributed by atoms with Gasteiger partial charge in [-0.1, -0.05) is 72.8 Å². The van der Waals surface area contributed by atoms with Gasteiger partial charge in [-0.15, -0.1) is 0 Å². The molecule has 0 spiro atoms. The molecule has 1 heterocycles. The summed E-state index contributed by atoms with van der Waals surface area (Å²) in [7, 11) is 0. The highest BCUT2D eigenvalue weighted by atomic mass is 16.1. The number of rotatable bonds is 8. The fourth-order valence-electron chi connectivity index (χ4n) is 4.41. The number of fused-ring (bicyclic) bond motifs is 1. The predicted molar refractivity (Wildman–Crippen MR) is 130 cm³/mol. The molecule has 33 heavy (non-hydrogen) atoms. The van der Waals surface area contributed by atoms with Crippen molar-refractivity contribution in [2.45, 2.75) is 37.6 Å². The molecule has 1 aliphatic rings. The maximum Gasteiger partial charge on any atom is 0.261 e. The Morgan fingerprint density at radius 3 is 2.15 bits per heavy atom. The third kappa shape index (κ3) is 4.72. The van der Waals surface area contributed by atoms with Crippen LogP contribution in [0.5, 0.6) is 0 Å². The second-order valence-corrected chi connectivity index (χ2v) is 8.63. The van der Waals surface area contributed by atoms with Crippen molar-refractivity contribution in [3.05, 3.63) is 112 Å². The molecule has 0 radical (unpaired) electrons. The van der Waals surface area contributed by atoms with E-state index in [0.29, 0.717) is 36.1 Å². The molecule has 1 fully saturated rings. The van der Waals surface area contributed by atoms with Crippen LogP contribution in [0.25, 0.3) is 10.9 Å². The van der Waals surface area contributed by atoms with Crippen LogP contribution in [-0.2, 0) is 11.2 Å². The first kappa shape index (κ1) is 21.1. The molecule has 0 saturated heterocycles. The molecule has 1 N–H and O–H groups in total. The molecule has 0 bridgehead atoms. The van der Waals surface area contributed by atoms with Gasteiger partial charge in [0.25, 0.3) is 5.56 Å². The van der Waals surface area contributed by atoms with Gasteiger partial charge in [0.2, 0.25) is 5.91 Å². The number of nitrogens with zero attached hydrogens (tertiary/aromatic N) is 2. The maximum atomic E-state index is 13.0. The normalized spacial score (nSPS) is 13.4. The number of aromatic nitrogens is 2. The van der Waals surface area contributed by atoms with E-state index < -0.39 is 0 Å². The molecule has 5 rings (SSSR count). The van der Waals surface area contributed by atoms with E-state index >= 15 is 0 Å². The van der Waals surface area contributed by atoms with Gasteiger partial charge in [0.05, 0.1) is 10.9 Å². The molecule has 1 amide bonds. The number of aryl methyl sites for hydroxylation is 1. The minimum absolute atomic E-state index is 0.00623. The van der Waals surface area contributed by atoms with Crippen LogP contribution in [0.2, 0.25) is 0 Å². The van der Waals surface area contributed by atoms with Crippen molar-refractivity contribution >= 4 is 16.8 Å². The summed E-state index contributed by atoms with van der Waals surface area (Å²) in [4.78, 5) is 30.6. The number of carbonyl (C=O) groups is 1. The molecule has 0 atom stereocenters. The standard InChI is InChI=1S/C28H27N3O2/c32-27(29-19-24(20-9-3-1-4-10-20)21-11-5-2-6-12-21)18-17-26-30-25-14-8-7-13-23(25)28(33)31(26)22-15-16-22/h1-14,22,24H,15-19H2,(H,29,32). The van der Waals surface area contributed by atoms with Crippen LogP contribution in [0.15, 0.2) is 89.7 Å². The molecule has 166 valence electrons. The Morgan fingerprint density at radius 2 is 1.52 bits per heavy atom. The van der Waals surface area contributed by atoms with Gasteiger partial charge in [-0.3, -0.25) is 14.2 Å². The van der Waals surface area contributed by atoms with Crippen LogP contribution in [0.1, 0.15) is 48.2 Å². The summed E-state index contributed by atoms with van der Waals surface area (Å²) in [5.41, 5.74) is 3.04. The number of amides is 1. The smallest absolute Gasteiger partial charge is 0.261 e. The van der Waals surface area contributed by atoms with Crippen molar-refractivity contribution in [1.29, 1.82) is 0 Å². The van der Waals surface area contributed by atoms with Crippen LogP contribution in [0.4, 0.5) is 0 Å². The monoisotopic (exact) mass is 437 g/mol. The van der Waals surface area contributed by atoms with E-state index in [1.54, 1.807) is 0 Å². The largest absolute Gasteiger partial charge is 0.355 e. The zero-order valence-electron chi connectivity index (χ0n) is 18.5. The van der Waals surface area contributed by atoms with E-state index in [0.717, 1.165) is 12.8 Å². The van der Waals surface area contributed by atoms with E-state index in [4.69, 9.17) is 4.98 Å². The molecule has 3 aromatic carbocycles. The van der Waals surface area contributed by atoms with E-state index in [1.807, 2.05) is 65.2 Å². The summed E-state index contributed by atoms with van der Waals surface area (Å²) in [6.07, 6.45) is 2.74. The Bertz CT molecular complexity index is 1270. The summed E-state index contributed by atoms with van der Waals surface area (Å²) in [6, 6.07) is 28.1. The van der Waals surface area contributed by atoms with E-state index in [1.165, 1.54) is 11.1 Å². The highest BCUT2D eigenvalue weighted by molar-refractivity contribution is 5.78. The average molecular weight is 438 g/mol. The third-order valence-corrected chi connectivity index (χ3v) is 6.28. The van der Waals surface area contributed by atoms with Gasteiger partial charge in [-0.05, 0) is 36.1 Å². The minimum atomic E-state index is -0.0309. The van der Waals surface area contributed by atoms with Gasteiger partial charge in [0.15, 0.2) is 0 Å². The Hall–Kier alpha value is -3.73. The van der Waals surface area contributed by atoms with Crippen molar-refractivity contribution < 1.29 is 4.79 Å². The average Bonchev–Trinajstić information content (AvgIpc) is 3.69. The van der Waals surface area contributed by atoms with Gasteiger partial charge in [-0.25, -0.2) is 4.98 Å². The van der Waals surface area contributed by atoms with Crippen LogP contribution < -0.4 is 10.9 Å². The third-order valence-electron chi connectivity index (χ3n) is 6.28. The molecular weight excluding hydrogens is 410 g/mol. The second-order valence-electron chi connectivity index (χ2n) is 8.63. The highest BCUT2D eigenvalue weighted by Gasteiger charge is 2.28. The lowest BCUT2D eigenvalue weighted by Crippen LogP contribution is -2.30. The summed E-state index contributed by atoms with van der Waals surface area (Å²) >= 11 is 0. The Morgan fingerprint density at radius 1 is 0.909 bits per heavy atom. The van der Waals surface area contributed by atoms with Gasteiger partial charge in [0.1, 0.15) is 5.82 Å². The number of carbonyl (C=O) groups excluding carboxylic acids is 1. The number of benzene rings is 3. The zero-order chi connectivity index (χ0) is 22.6. The SMILES string of the molecule is O=C(CCc1nc2ccccc2c(=O)n1C1CC1)NCC(c1ccccc1)c1ccccc1. The fourth-order valence-corrected chi connectivity index (χ4v) is 4.41. The lowest BCUT2D eigenvalue weighted by molar-refractivity contribution is -0.121. The lowest BCUT2D eigenvalue weighted by atomic mass is 9.91. The molecule has 0 unspecified atom stereocenters. The van der Waals surface area contributed by atoms with Crippen LogP contribution in [0.3, 0.4) is 0 Å². The molecule has 4 aromatic rings. The van der Waals surface area contributed by atoms with E-state index in [2.05, 4.69) is 29.6 Å². The van der Waals surface area contributed by atoms with Crippen molar-refractivity contribution in [1.82, 2.24) is 14.9 Å². The molecule has 5 heteroatoms. The van der Waals surface area contributed by atoms with Crippen LogP contribution in [0, 0.1) is 0 Å². The Labute approximate surface area is 193 Å². The van der Waals surface area contributed by atoms with Crippen molar-refractivity contribution in [3.8, 4) is 0 Å². The molecule has 1 saturated carbocycles. The first-order valence-electron chi connectivity index (χ1n) is 11.6. The number of para-hydroxylation sites is 1. The summed E-state index contributed by atoms with van der Waals surface area (Å²) in [5.74, 6) is 0.760. The van der Waals surface area contributed by atoms with Crippen molar-refractivity contribution in [2.75, 3.05) is 6.54 Å². The van der Waals surface area contributed by atoms with Gasteiger partial charge in [-0.2, -0.15) is 0 Å². The van der Waals surface area contributed by atoms with Crippen LogP contribution in [-0.4, -0.2) is 22.0 Å². The topological polar surface area (TPSA) is 64.0 Å². The van der Waals surface area contributed by atoms with Crippen molar-refractivity contribution in [2.24, 2.45) is 0 Å². The number of hydrogen-bond donors (Lipinski definition) is 1. The minimum Gasteiger partial charge on any atom is -0.355 e. The molecular formula is C28H27N3O2. The molecule has 1 aromatic heterocycles. The second kappa shape index (κ2) is 9.41. The highest BCUT2D eigenvalue weighted by Crippen LogP contribution is 2.35. The number of nitrogens with one attached hydrogen (secondary N) is 1. The van der Waals surface area contributed by atoms with Gasteiger partial charge >= 0.3 is 0 Å². The maximum absolute atomic E-state index is 13.0. The van der Waals surface area contributed by atoms with Gasteiger partial charge < -0.3 is 5.32 Å². The predicted octanol–water partition coefficient (Wildman–Crippen LogP) is 4.61. The fraction of sp³-hybridized carbons (Fsp3) is 0.250. The summed E-state index contributed by atoms with van der Waals surface area (Å²) < 4.78 is 1.81. The summed E-state index contributed by atoms with van der Waals surface area (Å²) in [6.45, 7) is 0.521. The first-order chi connectivity index (χ1) is 16.2. The molecule has 5 nitrogen and oxygen atoms in total. The van der Waals surface area contributed by atoms with Crippen LogP contribution >= 0.6 is 0 Å². The van der Waals surface area contributed by atoms with E-state index in [9.17, 15) is 9.59 Å². The number of hydrogen-bond acceptors (Lipinski definition) is 3. The van der Waals surface area contributed by atoms with Crippen molar-refractivity contribution in [3.63, 3.8) is 0 Å². The molecule has 1 aliphatic carbocycles. The zero-order valence-corrected chi connectivity index (χ0v) is 18.5. The Balaban J connectivity index is 1.30. The van der Waals surface area contributed by atoms with E-state index in [-0.39, 0.29) is 23.4 Å². The quantitative estimate of drug-likeness (QED) is 0.438. The first-order valence-corrected chi connectivity index (χ1v) is 11.6. The summed E-state index contributed by atoms with van der Waals surface area (Å²) in [5, 5.41) is 3.76. The lowest BCUT2D eigenvalue weighted by Gasteiger charge is -2.19. The van der Waals surface area contributed by atoms with Gasteiger partial charge in [0, 0.05) is 31.3 Å².